The fourth-order valence-electron chi connectivity index (χ4n) is 1.44. The lowest BCUT2D eigenvalue weighted by atomic mass is 10.1. The first-order valence-corrected chi connectivity index (χ1v) is 5.02. The first kappa shape index (κ1) is 10.0. The lowest BCUT2D eigenvalue weighted by Crippen LogP contribution is -2.13. The van der Waals surface area contributed by atoms with Crippen molar-refractivity contribution >= 4 is 5.78 Å². The molecule has 0 bridgehead atoms. The number of hydrogen-bond acceptors (Lipinski definition) is 4. The normalized spacial score (nSPS) is 13.3. The van der Waals surface area contributed by atoms with E-state index in [2.05, 4.69) is 22.0 Å². The van der Waals surface area contributed by atoms with E-state index < -0.39 is 0 Å². The van der Waals surface area contributed by atoms with E-state index in [-0.39, 0.29) is 5.92 Å². The maximum Gasteiger partial charge on any atom is 0.251 e. The van der Waals surface area contributed by atoms with Gasteiger partial charge in [-0.25, -0.2) is 14.5 Å². The zero-order valence-corrected chi connectivity index (χ0v) is 9.23. The number of fused-ring (bicyclic) bond motifs is 1. The molecule has 0 fully saturated rings. The van der Waals surface area contributed by atoms with Crippen molar-refractivity contribution in [3.8, 4) is 0 Å². The zero-order chi connectivity index (χ0) is 11.0. The standard InChI is InChI=1S/C10H15N5/c1-6(4-11)9-5-12-10-13-7(2)8(3)14-15(9)10/h5-6H,4,11H2,1-3H3. The Balaban J connectivity index is 2.64. The molecule has 1 unspecified atom stereocenters. The molecule has 80 valence electrons. The van der Waals surface area contributed by atoms with E-state index in [1.54, 1.807) is 10.7 Å². The molecule has 2 rings (SSSR count). The van der Waals surface area contributed by atoms with Crippen LogP contribution in [-0.2, 0) is 0 Å². The second kappa shape index (κ2) is 3.58. The summed E-state index contributed by atoms with van der Waals surface area (Å²) in [5.41, 5.74) is 8.49. The molecule has 0 radical (unpaired) electrons. The molecule has 0 aromatic carbocycles. The number of nitrogens with two attached hydrogens (primary N) is 1. The molecule has 15 heavy (non-hydrogen) atoms. The van der Waals surface area contributed by atoms with Gasteiger partial charge in [-0.1, -0.05) is 6.92 Å². The van der Waals surface area contributed by atoms with Gasteiger partial charge in [0.2, 0.25) is 0 Å². The predicted molar refractivity (Wildman–Crippen MR) is 57.7 cm³/mol. The highest BCUT2D eigenvalue weighted by Crippen LogP contribution is 2.14. The molecule has 0 aliphatic carbocycles. The second-order valence-corrected chi connectivity index (χ2v) is 3.81. The van der Waals surface area contributed by atoms with E-state index in [0.717, 1.165) is 17.1 Å². The molecule has 0 aliphatic heterocycles. The van der Waals surface area contributed by atoms with E-state index in [9.17, 15) is 0 Å². The maximum absolute atomic E-state index is 5.63. The second-order valence-electron chi connectivity index (χ2n) is 3.81. The molecular weight excluding hydrogens is 190 g/mol. The van der Waals surface area contributed by atoms with Gasteiger partial charge in [0.25, 0.3) is 5.78 Å². The van der Waals surface area contributed by atoms with E-state index in [1.807, 2.05) is 13.8 Å². The van der Waals surface area contributed by atoms with Gasteiger partial charge in [-0.15, -0.1) is 0 Å². The fourth-order valence-corrected chi connectivity index (χ4v) is 1.44. The van der Waals surface area contributed by atoms with Gasteiger partial charge < -0.3 is 5.73 Å². The smallest absolute Gasteiger partial charge is 0.251 e. The van der Waals surface area contributed by atoms with Crippen LogP contribution in [0.5, 0.6) is 0 Å². The summed E-state index contributed by atoms with van der Waals surface area (Å²) in [6.07, 6.45) is 1.80. The van der Waals surface area contributed by atoms with Crippen molar-refractivity contribution in [1.82, 2.24) is 19.6 Å². The molecule has 5 heteroatoms. The Bertz CT molecular complexity index is 488. The summed E-state index contributed by atoms with van der Waals surface area (Å²) in [6.45, 7) is 6.52. The van der Waals surface area contributed by atoms with E-state index in [0.29, 0.717) is 12.3 Å². The molecule has 2 aromatic rings. The summed E-state index contributed by atoms with van der Waals surface area (Å²) in [5.74, 6) is 0.893. The highest BCUT2D eigenvalue weighted by molar-refractivity contribution is 5.32. The van der Waals surface area contributed by atoms with Crippen molar-refractivity contribution in [3.05, 3.63) is 23.3 Å². The maximum atomic E-state index is 5.63. The molecule has 1 atom stereocenters. The summed E-state index contributed by atoms with van der Waals surface area (Å²) in [6, 6.07) is 0. The molecule has 0 saturated carbocycles. The average molecular weight is 205 g/mol. The summed E-state index contributed by atoms with van der Waals surface area (Å²) in [7, 11) is 0. The van der Waals surface area contributed by atoms with Crippen LogP contribution in [0.3, 0.4) is 0 Å². The van der Waals surface area contributed by atoms with Gasteiger partial charge in [0.15, 0.2) is 0 Å². The molecule has 0 spiro atoms. The van der Waals surface area contributed by atoms with Crippen molar-refractivity contribution in [1.29, 1.82) is 0 Å². The van der Waals surface area contributed by atoms with Crippen LogP contribution >= 0.6 is 0 Å². The molecule has 5 nitrogen and oxygen atoms in total. The van der Waals surface area contributed by atoms with Crippen LogP contribution in [-0.4, -0.2) is 26.1 Å². The number of nitrogens with zero attached hydrogens (tertiary/aromatic N) is 4. The first-order valence-electron chi connectivity index (χ1n) is 5.02. The lowest BCUT2D eigenvalue weighted by molar-refractivity contribution is 0.695. The van der Waals surface area contributed by atoms with Gasteiger partial charge >= 0.3 is 0 Å². The zero-order valence-electron chi connectivity index (χ0n) is 9.23. The molecule has 0 saturated heterocycles. The molecule has 2 N–H and O–H groups in total. The Kier molecular flexibility index (Phi) is 2.40. The fraction of sp³-hybridized carbons (Fsp3) is 0.500. The van der Waals surface area contributed by atoms with Crippen LogP contribution in [0.25, 0.3) is 5.78 Å². The Labute approximate surface area is 88.3 Å². The van der Waals surface area contributed by atoms with Gasteiger partial charge in [0.1, 0.15) is 0 Å². The van der Waals surface area contributed by atoms with Crippen molar-refractivity contribution in [2.75, 3.05) is 6.54 Å². The summed E-state index contributed by atoms with van der Waals surface area (Å²) < 4.78 is 1.78. The van der Waals surface area contributed by atoms with Crippen molar-refractivity contribution in [2.45, 2.75) is 26.7 Å². The monoisotopic (exact) mass is 205 g/mol. The minimum Gasteiger partial charge on any atom is -0.330 e. The summed E-state index contributed by atoms with van der Waals surface area (Å²) in [4.78, 5) is 8.58. The Morgan fingerprint density at radius 3 is 2.80 bits per heavy atom. The van der Waals surface area contributed by atoms with Crippen molar-refractivity contribution in [2.24, 2.45) is 5.73 Å². The van der Waals surface area contributed by atoms with Gasteiger partial charge in [-0.3, -0.25) is 0 Å². The molecule has 2 heterocycles. The van der Waals surface area contributed by atoms with Crippen LogP contribution in [0.15, 0.2) is 6.20 Å². The number of rotatable bonds is 2. The van der Waals surface area contributed by atoms with E-state index in [1.165, 1.54) is 0 Å². The predicted octanol–water partition coefficient (Wildman–Crippen LogP) is 0.803. The summed E-state index contributed by atoms with van der Waals surface area (Å²) >= 11 is 0. The number of hydrogen-bond donors (Lipinski definition) is 1. The Morgan fingerprint density at radius 1 is 1.40 bits per heavy atom. The molecule has 0 amide bonds. The SMILES string of the molecule is Cc1nc2ncc(C(C)CN)n2nc1C. The molecule has 0 aliphatic rings. The Hall–Kier alpha value is -1.49. The Morgan fingerprint density at radius 2 is 2.13 bits per heavy atom. The third-order valence-electron chi connectivity index (χ3n) is 2.65. The van der Waals surface area contributed by atoms with Crippen molar-refractivity contribution in [3.63, 3.8) is 0 Å². The number of aryl methyl sites for hydroxylation is 2. The molecule has 2 aromatic heterocycles. The quantitative estimate of drug-likeness (QED) is 0.787. The number of aromatic nitrogens is 4. The minimum absolute atomic E-state index is 0.247. The minimum atomic E-state index is 0.247. The molecular formula is C10H15N5. The van der Waals surface area contributed by atoms with Crippen molar-refractivity contribution < 1.29 is 0 Å². The van der Waals surface area contributed by atoms with Gasteiger partial charge in [-0.05, 0) is 13.8 Å². The van der Waals surface area contributed by atoms with Crippen LogP contribution < -0.4 is 5.73 Å². The third kappa shape index (κ3) is 1.59. The highest BCUT2D eigenvalue weighted by Gasteiger charge is 2.12. The van der Waals surface area contributed by atoms with Crippen LogP contribution in [0.2, 0.25) is 0 Å². The van der Waals surface area contributed by atoms with Crippen LogP contribution in [0.1, 0.15) is 29.9 Å². The van der Waals surface area contributed by atoms with Gasteiger partial charge in [0.05, 0.1) is 23.3 Å². The first-order chi connectivity index (χ1) is 7.13. The topological polar surface area (TPSA) is 69.1 Å². The van der Waals surface area contributed by atoms with E-state index >= 15 is 0 Å². The lowest BCUT2D eigenvalue weighted by Gasteiger charge is -2.07. The van der Waals surface area contributed by atoms with Crippen LogP contribution in [0, 0.1) is 13.8 Å². The van der Waals surface area contributed by atoms with Gasteiger partial charge in [-0.2, -0.15) is 5.10 Å². The highest BCUT2D eigenvalue weighted by atomic mass is 15.3. The number of imidazole rings is 1. The third-order valence-corrected chi connectivity index (χ3v) is 2.65. The van der Waals surface area contributed by atoms with E-state index in [4.69, 9.17) is 5.73 Å². The van der Waals surface area contributed by atoms with Gasteiger partial charge in [0, 0.05) is 12.5 Å². The average Bonchev–Trinajstić information content (AvgIpc) is 2.61. The largest absolute Gasteiger partial charge is 0.330 e. The summed E-state index contributed by atoms with van der Waals surface area (Å²) in [5, 5.41) is 4.44. The van der Waals surface area contributed by atoms with Crippen LogP contribution in [0.4, 0.5) is 0 Å².